The van der Waals surface area contributed by atoms with Gasteiger partial charge in [0.25, 0.3) is 0 Å². The van der Waals surface area contributed by atoms with E-state index in [-0.39, 0.29) is 0 Å². The second-order valence-corrected chi connectivity index (χ2v) is 8.93. The second kappa shape index (κ2) is 9.75. The summed E-state index contributed by atoms with van der Waals surface area (Å²) in [6.07, 6.45) is 4.33. The molecule has 3 rings (SSSR count). The molecule has 0 amide bonds. The first kappa shape index (κ1) is 22.5. The highest BCUT2D eigenvalue weighted by molar-refractivity contribution is 5.76. The van der Waals surface area contributed by atoms with Gasteiger partial charge in [0.2, 0.25) is 5.89 Å². The number of aryl methyl sites for hydroxylation is 2. The van der Waals surface area contributed by atoms with Crippen LogP contribution >= 0.6 is 0 Å². The minimum Gasteiger partial charge on any atom is -0.479 e. The van der Waals surface area contributed by atoms with Gasteiger partial charge in [-0.15, -0.1) is 0 Å². The lowest BCUT2D eigenvalue weighted by molar-refractivity contribution is -0.163. The first-order valence-electron chi connectivity index (χ1n) is 10.7. The quantitative estimate of drug-likeness (QED) is 0.609. The molecule has 2 atom stereocenters. The molecule has 1 aromatic carbocycles. The smallest absolute Gasteiger partial charge is 0.335 e. The number of carboxylic acids is 1. The van der Waals surface area contributed by atoms with Gasteiger partial charge in [0.15, 0.2) is 5.60 Å². The molecule has 6 heteroatoms. The van der Waals surface area contributed by atoms with Crippen molar-refractivity contribution >= 4 is 5.97 Å². The predicted molar refractivity (Wildman–Crippen MR) is 114 cm³/mol. The molecule has 1 aliphatic rings. The van der Waals surface area contributed by atoms with E-state index in [9.17, 15) is 9.90 Å². The Hall–Kier alpha value is -2.18. The van der Waals surface area contributed by atoms with Crippen molar-refractivity contribution in [3.63, 3.8) is 0 Å². The molecule has 0 bridgehead atoms. The molecule has 6 nitrogen and oxygen atoms in total. The Morgan fingerprint density at radius 3 is 2.50 bits per heavy atom. The predicted octanol–water partition coefficient (Wildman–Crippen LogP) is 5.16. The molecule has 30 heavy (non-hydrogen) atoms. The molecule has 0 spiro atoms. The topological polar surface area (TPSA) is 81.8 Å². The summed E-state index contributed by atoms with van der Waals surface area (Å²) in [6.45, 7) is 8.77. The molecular formula is C24H33NO5. The van der Waals surface area contributed by atoms with Crippen LogP contribution in [0.2, 0.25) is 0 Å². The van der Waals surface area contributed by atoms with Crippen LogP contribution in [0.4, 0.5) is 0 Å². The van der Waals surface area contributed by atoms with E-state index in [2.05, 4.69) is 11.9 Å². The molecule has 164 valence electrons. The zero-order chi connectivity index (χ0) is 21.7. The zero-order valence-electron chi connectivity index (χ0n) is 18.4. The van der Waals surface area contributed by atoms with E-state index in [1.807, 2.05) is 31.2 Å². The van der Waals surface area contributed by atoms with Crippen molar-refractivity contribution in [3.8, 4) is 11.5 Å². The number of hydrogen-bond donors (Lipinski definition) is 1. The monoisotopic (exact) mass is 415 g/mol. The highest BCUT2D eigenvalue weighted by atomic mass is 16.5. The van der Waals surface area contributed by atoms with Gasteiger partial charge < -0.3 is 19.0 Å². The van der Waals surface area contributed by atoms with E-state index in [0.29, 0.717) is 37.5 Å². The number of aromatic nitrogens is 1. The van der Waals surface area contributed by atoms with Crippen LogP contribution in [0.15, 0.2) is 28.7 Å². The van der Waals surface area contributed by atoms with E-state index < -0.39 is 11.6 Å². The average molecular weight is 416 g/mol. The average Bonchev–Trinajstić information content (AvgIpc) is 3.08. The third-order valence-electron chi connectivity index (χ3n) is 5.87. The second-order valence-electron chi connectivity index (χ2n) is 8.93. The number of carbonyl (C=O) groups is 1. The first-order valence-corrected chi connectivity index (χ1v) is 10.7. The van der Waals surface area contributed by atoms with Gasteiger partial charge in [-0.25, -0.2) is 9.78 Å². The minimum atomic E-state index is -1.14. The fraction of sp³-hybridized carbons (Fsp3) is 0.583. The highest BCUT2D eigenvalue weighted by Crippen LogP contribution is 2.31. The lowest BCUT2D eigenvalue weighted by Crippen LogP contribution is -2.37. The summed E-state index contributed by atoms with van der Waals surface area (Å²) in [4.78, 5) is 15.8. The number of ether oxygens (including phenoxy) is 2. The van der Waals surface area contributed by atoms with Crippen molar-refractivity contribution in [1.29, 1.82) is 0 Å². The van der Waals surface area contributed by atoms with Crippen LogP contribution in [0.5, 0.6) is 0 Å². The third-order valence-corrected chi connectivity index (χ3v) is 5.87. The maximum atomic E-state index is 11.2. The van der Waals surface area contributed by atoms with Crippen LogP contribution < -0.4 is 0 Å². The van der Waals surface area contributed by atoms with E-state index in [1.54, 1.807) is 13.8 Å². The summed E-state index contributed by atoms with van der Waals surface area (Å²) in [5.41, 5.74) is 1.87. The summed E-state index contributed by atoms with van der Waals surface area (Å²) in [6, 6.07) is 8.12. The van der Waals surface area contributed by atoms with Gasteiger partial charge in [0.1, 0.15) is 11.5 Å². The molecule has 0 saturated heterocycles. The molecule has 1 saturated carbocycles. The Labute approximate surface area is 178 Å². The van der Waals surface area contributed by atoms with Crippen LogP contribution in [-0.2, 0) is 20.9 Å². The van der Waals surface area contributed by atoms with E-state index >= 15 is 0 Å². The molecule has 1 aromatic heterocycles. The van der Waals surface area contributed by atoms with Gasteiger partial charge in [-0.1, -0.05) is 24.1 Å². The Morgan fingerprint density at radius 2 is 1.83 bits per heavy atom. The maximum Gasteiger partial charge on any atom is 0.335 e. The summed E-state index contributed by atoms with van der Waals surface area (Å²) in [7, 11) is 0. The van der Waals surface area contributed by atoms with Crippen molar-refractivity contribution in [2.24, 2.45) is 11.8 Å². The lowest BCUT2D eigenvalue weighted by Gasteiger charge is -2.31. The number of oxazole rings is 1. The molecule has 1 fully saturated rings. The van der Waals surface area contributed by atoms with Gasteiger partial charge in [-0.05, 0) is 70.9 Å². The van der Waals surface area contributed by atoms with Crippen LogP contribution in [0.25, 0.3) is 11.5 Å². The van der Waals surface area contributed by atoms with Crippen molar-refractivity contribution in [2.75, 3.05) is 13.2 Å². The number of rotatable bonds is 9. The number of carboxylic acid groups (broad SMARTS) is 1. The van der Waals surface area contributed by atoms with Gasteiger partial charge in [0, 0.05) is 12.2 Å². The number of aliphatic carboxylic acids is 1. The van der Waals surface area contributed by atoms with Crippen molar-refractivity contribution in [3.05, 3.63) is 41.3 Å². The van der Waals surface area contributed by atoms with Gasteiger partial charge in [-0.2, -0.15) is 0 Å². The third kappa shape index (κ3) is 5.92. The zero-order valence-corrected chi connectivity index (χ0v) is 18.4. The summed E-state index contributed by atoms with van der Waals surface area (Å²) < 4.78 is 17.5. The molecule has 1 N–H and O–H groups in total. The molecule has 2 aromatic rings. The summed E-state index contributed by atoms with van der Waals surface area (Å²) >= 11 is 0. The highest BCUT2D eigenvalue weighted by Gasteiger charge is 2.30. The van der Waals surface area contributed by atoms with Gasteiger partial charge >= 0.3 is 5.97 Å². The van der Waals surface area contributed by atoms with E-state index in [0.717, 1.165) is 42.7 Å². The maximum absolute atomic E-state index is 11.2. The van der Waals surface area contributed by atoms with Crippen LogP contribution in [0, 0.1) is 25.7 Å². The summed E-state index contributed by atoms with van der Waals surface area (Å²) in [5.74, 6) is 1.33. The lowest BCUT2D eigenvalue weighted by atomic mass is 9.82. The molecule has 0 unspecified atom stereocenters. The first-order chi connectivity index (χ1) is 14.2. The van der Waals surface area contributed by atoms with Crippen LogP contribution in [0.1, 0.15) is 56.5 Å². The van der Waals surface area contributed by atoms with Crippen molar-refractivity contribution < 1.29 is 23.8 Å². The Kier molecular flexibility index (Phi) is 7.32. The number of benzene rings is 1. The SMILES string of the molecule is Cc1ccc(-c2nc(COC[C@@H]3CCC[C@H](COC(C)(C)C(=O)O)C3)c(C)o2)cc1. The molecule has 1 aliphatic carbocycles. The fourth-order valence-electron chi connectivity index (χ4n) is 3.80. The van der Waals surface area contributed by atoms with Crippen molar-refractivity contribution in [2.45, 2.75) is 65.6 Å². The standard InChI is InChI=1S/C24H33NO5/c1-16-8-10-20(11-9-16)22-25-21(17(2)30-22)15-28-13-18-6-5-7-19(12-18)14-29-24(3,4)23(26)27/h8-11,18-19H,5-7,12-15H2,1-4H3,(H,26,27)/t18-,19+/m1/s1. The Bertz CT molecular complexity index is 840. The van der Waals surface area contributed by atoms with Crippen LogP contribution in [0.3, 0.4) is 0 Å². The van der Waals surface area contributed by atoms with Crippen LogP contribution in [-0.4, -0.2) is 34.9 Å². The molecule has 0 radical (unpaired) electrons. The minimum absolute atomic E-state index is 0.382. The molecular weight excluding hydrogens is 382 g/mol. The largest absolute Gasteiger partial charge is 0.479 e. The van der Waals surface area contributed by atoms with Gasteiger partial charge in [-0.3, -0.25) is 0 Å². The van der Waals surface area contributed by atoms with Gasteiger partial charge in [0.05, 0.1) is 13.2 Å². The van der Waals surface area contributed by atoms with E-state index in [1.165, 1.54) is 5.56 Å². The summed E-state index contributed by atoms with van der Waals surface area (Å²) in [5, 5.41) is 9.20. The van der Waals surface area contributed by atoms with E-state index in [4.69, 9.17) is 13.9 Å². The Morgan fingerprint density at radius 1 is 1.17 bits per heavy atom. The van der Waals surface area contributed by atoms with Crippen molar-refractivity contribution in [1.82, 2.24) is 4.98 Å². The Balaban J connectivity index is 1.47. The number of hydrogen-bond acceptors (Lipinski definition) is 5. The number of nitrogens with zero attached hydrogens (tertiary/aromatic N) is 1. The normalized spacial score (nSPS) is 19.7. The molecule has 0 aliphatic heterocycles. The molecule has 1 heterocycles. The fourth-order valence-corrected chi connectivity index (χ4v) is 3.80.